The summed E-state index contributed by atoms with van der Waals surface area (Å²) in [5, 5.41) is 13.1. The van der Waals surface area contributed by atoms with Crippen LogP contribution in [-0.2, 0) is 23.8 Å². The molecule has 11 heteroatoms. The Hall–Kier alpha value is -3.70. The van der Waals surface area contributed by atoms with Gasteiger partial charge in [-0.3, -0.25) is 4.79 Å². The van der Waals surface area contributed by atoms with Crippen molar-refractivity contribution >= 4 is 17.3 Å². The first-order valence-electron chi connectivity index (χ1n) is 12.3. The molecule has 1 N–H and O–H groups in total. The molecule has 0 aliphatic carbocycles. The molecule has 1 aliphatic rings. The number of benzene rings is 1. The van der Waals surface area contributed by atoms with Crippen LogP contribution in [0.5, 0.6) is 0 Å². The number of nitrogens with zero attached hydrogens (tertiary/aromatic N) is 3. The molecule has 11 nitrogen and oxygen atoms in total. The van der Waals surface area contributed by atoms with Gasteiger partial charge in [-0.25, -0.2) is 4.98 Å². The van der Waals surface area contributed by atoms with E-state index in [-0.39, 0.29) is 13.0 Å². The number of nitrogens with one attached hydrogen (secondary N) is 1. The largest absolute Gasteiger partial charge is 0.457 e. The normalized spacial score (nSPS) is 18.7. The standard InChI is InChI=1S/C26H32N4O7/c1-17-18(2)29-13-12-20-23(26(29)27-17)28-22(19-9-5-4-6-10-19)25(24(20)35-16-15-34-3)37-21(31)11-7-8-14-36-30(32)33/h4-6,9-10,12-13,22,24-25,28H,7-8,11,14-16H2,1-3H3/t22-,24-,25-/m1/s1. The number of methoxy groups -OCH3 is 1. The van der Waals surface area contributed by atoms with Gasteiger partial charge >= 0.3 is 5.97 Å². The smallest absolute Gasteiger partial charge is 0.306 e. The molecule has 2 aromatic heterocycles. The number of ether oxygens (including phenoxy) is 3. The van der Waals surface area contributed by atoms with Crippen LogP contribution in [-0.4, -0.2) is 53.5 Å². The molecule has 3 atom stereocenters. The van der Waals surface area contributed by atoms with E-state index in [1.54, 1.807) is 7.11 Å². The van der Waals surface area contributed by atoms with Gasteiger partial charge in [-0.05, 0) is 38.3 Å². The Balaban J connectivity index is 1.66. The van der Waals surface area contributed by atoms with E-state index in [4.69, 9.17) is 19.2 Å². The lowest BCUT2D eigenvalue weighted by molar-refractivity contribution is -0.757. The van der Waals surface area contributed by atoms with E-state index in [2.05, 4.69) is 10.2 Å². The maximum absolute atomic E-state index is 12.9. The van der Waals surface area contributed by atoms with Gasteiger partial charge in [0.1, 0.15) is 6.10 Å². The van der Waals surface area contributed by atoms with E-state index in [1.165, 1.54) is 0 Å². The second-order valence-electron chi connectivity index (χ2n) is 8.91. The highest BCUT2D eigenvalue weighted by Gasteiger charge is 2.42. The van der Waals surface area contributed by atoms with Crippen molar-refractivity contribution in [1.82, 2.24) is 9.38 Å². The Morgan fingerprint density at radius 1 is 1.14 bits per heavy atom. The number of esters is 1. The first-order chi connectivity index (χ1) is 17.9. The van der Waals surface area contributed by atoms with Gasteiger partial charge in [0.05, 0.1) is 37.2 Å². The summed E-state index contributed by atoms with van der Waals surface area (Å²) in [6.45, 7) is 4.63. The zero-order valence-electron chi connectivity index (χ0n) is 21.2. The fraction of sp³-hybridized carbons (Fsp3) is 0.462. The van der Waals surface area contributed by atoms with Gasteiger partial charge in [0, 0.05) is 31.0 Å². The van der Waals surface area contributed by atoms with E-state index in [1.807, 2.05) is 60.8 Å². The maximum Gasteiger partial charge on any atom is 0.306 e. The Morgan fingerprint density at radius 2 is 1.92 bits per heavy atom. The summed E-state index contributed by atoms with van der Waals surface area (Å²) in [6, 6.07) is 11.3. The summed E-state index contributed by atoms with van der Waals surface area (Å²) in [6.07, 6.45) is 1.59. The molecule has 0 saturated heterocycles. The summed E-state index contributed by atoms with van der Waals surface area (Å²) in [4.78, 5) is 32.4. The predicted molar refractivity (Wildman–Crippen MR) is 135 cm³/mol. The minimum atomic E-state index is -0.838. The topological polar surface area (TPSA) is 126 Å². The Kier molecular flexibility index (Phi) is 8.57. The van der Waals surface area contributed by atoms with Gasteiger partial charge in [0.2, 0.25) is 0 Å². The molecule has 3 aromatic rings. The minimum Gasteiger partial charge on any atom is -0.457 e. The van der Waals surface area contributed by atoms with Crippen LogP contribution in [0.1, 0.15) is 53.9 Å². The third-order valence-electron chi connectivity index (χ3n) is 6.52. The summed E-state index contributed by atoms with van der Waals surface area (Å²) in [5.74, 6) is -0.411. The number of imidazole rings is 1. The third-order valence-corrected chi connectivity index (χ3v) is 6.52. The lowest BCUT2D eigenvalue weighted by Gasteiger charge is -2.40. The van der Waals surface area contributed by atoms with Gasteiger partial charge in [0.15, 0.2) is 11.8 Å². The van der Waals surface area contributed by atoms with Crippen LogP contribution in [0.15, 0.2) is 42.6 Å². The lowest BCUT2D eigenvalue weighted by atomic mass is 9.88. The predicted octanol–water partition coefficient (Wildman–Crippen LogP) is 4.11. The lowest BCUT2D eigenvalue weighted by Crippen LogP contribution is -2.41. The number of hydrogen-bond donors (Lipinski definition) is 1. The number of pyridine rings is 1. The molecule has 1 aromatic carbocycles. The molecule has 0 radical (unpaired) electrons. The number of fused-ring (bicyclic) bond motifs is 3. The van der Waals surface area contributed by atoms with Gasteiger partial charge in [0.25, 0.3) is 5.09 Å². The van der Waals surface area contributed by atoms with Crippen molar-refractivity contribution in [3.05, 3.63) is 75.2 Å². The molecule has 37 heavy (non-hydrogen) atoms. The van der Waals surface area contributed by atoms with Crippen molar-refractivity contribution in [1.29, 1.82) is 0 Å². The average molecular weight is 513 g/mol. The highest BCUT2D eigenvalue weighted by atomic mass is 16.9. The van der Waals surface area contributed by atoms with Crippen LogP contribution in [0.25, 0.3) is 5.65 Å². The summed E-state index contributed by atoms with van der Waals surface area (Å²) in [7, 11) is 1.60. The summed E-state index contributed by atoms with van der Waals surface area (Å²) in [5.41, 5.74) is 5.37. The molecular weight excluding hydrogens is 480 g/mol. The monoisotopic (exact) mass is 512 g/mol. The van der Waals surface area contributed by atoms with Crippen molar-refractivity contribution in [2.45, 2.75) is 51.4 Å². The maximum atomic E-state index is 12.9. The summed E-state index contributed by atoms with van der Waals surface area (Å²) >= 11 is 0. The molecule has 0 amide bonds. The number of carbonyl (C=O) groups is 1. The number of aromatic nitrogens is 2. The highest BCUT2D eigenvalue weighted by molar-refractivity contribution is 5.76. The van der Waals surface area contributed by atoms with E-state index < -0.39 is 29.3 Å². The highest BCUT2D eigenvalue weighted by Crippen LogP contribution is 2.44. The van der Waals surface area contributed by atoms with Gasteiger partial charge in [-0.15, -0.1) is 10.1 Å². The van der Waals surface area contributed by atoms with Crippen molar-refractivity contribution in [3.63, 3.8) is 0 Å². The van der Waals surface area contributed by atoms with Crippen LogP contribution in [0, 0.1) is 24.0 Å². The second kappa shape index (κ2) is 12.0. The fourth-order valence-electron chi connectivity index (χ4n) is 4.55. The molecular formula is C26H32N4O7. The van der Waals surface area contributed by atoms with Gasteiger partial charge in [-0.1, -0.05) is 30.3 Å². The number of unbranched alkanes of at least 4 members (excludes halogenated alkanes) is 1. The zero-order chi connectivity index (χ0) is 26.4. The van der Waals surface area contributed by atoms with E-state index in [0.29, 0.717) is 26.1 Å². The van der Waals surface area contributed by atoms with Crippen LogP contribution >= 0.6 is 0 Å². The van der Waals surface area contributed by atoms with Crippen LogP contribution < -0.4 is 5.32 Å². The first kappa shape index (κ1) is 26.4. The van der Waals surface area contributed by atoms with E-state index >= 15 is 0 Å². The average Bonchev–Trinajstić information content (AvgIpc) is 3.18. The SMILES string of the molecule is COCCO[C@@H]1c2ccn3c(C)c(C)nc3c2N[C@H](c2ccccc2)[C@H]1OC(=O)CCCCO[N+](=O)[O-]. The Labute approximate surface area is 214 Å². The van der Waals surface area contributed by atoms with Gasteiger partial charge in [-0.2, -0.15) is 0 Å². The number of hydrogen-bond acceptors (Lipinski definition) is 9. The molecule has 3 heterocycles. The number of carbonyl (C=O) groups excluding carboxylic acids is 1. The van der Waals surface area contributed by atoms with Crippen molar-refractivity contribution in [2.24, 2.45) is 0 Å². The Bertz CT molecular complexity index is 1230. The van der Waals surface area contributed by atoms with E-state index in [9.17, 15) is 14.9 Å². The fourth-order valence-corrected chi connectivity index (χ4v) is 4.55. The van der Waals surface area contributed by atoms with Crippen LogP contribution in [0.4, 0.5) is 5.69 Å². The molecule has 0 saturated carbocycles. The van der Waals surface area contributed by atoms with Gasteiger partial charge < -0.3 is 28.8 Å². The van der Waals surface area contributed by atoms with E-state index in [0.717, 1.165) is 33.8 Å². The second-order valence-corrected chi connectivity index (χ2v) is 8.91. The number of aryl methyl sites for hydroxylation is 2. The van der Waals surface area contributed by atoms with Crippen molar-refractivity contribution in [2.75, 3.05) is 32.2 Å². The van der Waals surface area contributed by atoms with Crippen LogP contribution in [0.3, 0.4) is 0 Å². The third kappa shape index (κ3) is 6.00. The zero-order valence-corrected chi connectivity index (χ0v) is 21.2. The molecule has 4 rings (SSSR count). The quantitative estimate of drug-likeness (QED) is 0.165. The molecule has 0 fully saturated rings. The Morgan fingerprint density at radius 3 is 2.65 bits per heavy atom. The van der Waals surface area contributed by atoms with Crippen molar-refractivity contribution in [3.8, 4) is 0 Å². The molecule has 1 aliphatic heterocycles. The number of anilines is 1. The molecule has 0 spiro atoms. The minimum absolute atomic E-state index is 0.0623. The molecule has 0 unspecified atom stereocenters. The molecule has 0 bridgehead atoms. The molecule has 198 valence electrons. The number of rotatable bonds is 12. The van der Waals surface area contributed by atoms with Crippen molar-refractivity contribution < 1.29 is 28.9 Å². The first-order valence-corrected chi connectivity index (χ1v) is 12.3. The summed E-state index contributed by atoms with van der Waals surface area (Å²) < 4.78 is 19.6. The van der Waals surface area contributed by atoms with Crippen LogP contribution in [0.2, 0.25) is 0 Å².